The van der Waals surface area contributed by atoms with Gasteiger partial charge in [-0.15, -0.1) is 12.4 Å². The second-order valence-corrected chi connectivity index (χ2v) is 3.36. The molecule has 3 N–H and O–H groups in total. The lowest BCUT2D eigenvalue weighted by Crippen LogP contribution is -2.48. The van der Waals surface area contributed by atoms with E-state index < -0.39 is 0 Å². The van der Waals surface area contributed by atoms with E-state index >= 15 is 0 Å². The topological polar surface area (TPSA) is 55.1 Å². The van der Waals surface area contributed by atoms with E-state index in [0.717, 1.165) is 25.7 Å². The average molecular weight is 193 g/mol. The fourth-order valence-electron chi connectivity index (χ4n) is 1.83. The molecule has 72 valence electrons. The van der Waals surface area contributed by atoms with Gasteiger partial charge >= 0.3 is 0 Å². The van der Waals surface area contributed by atoms with Gasteiger partial charge in [0, 0.05) is 0 Å². The number of carbonyl (C=O) groups excluding carboxylic acids is 1. The van der Waals surface area contributed by atoms with Gasteiger partial charge in [0.25, 0.3) is 0 Å². The maximum atomic E-state index is 11.3. The molecule has 0 spiro atoms. The normalized spacial score (nSPS) is 18.8. The van der Waals surface area contributed by atoms with Crippen LogP contribution in [0.1, 0.15) is 39.0 Å². The Hall–Kier alpha value is -0.280. The van der Waals surface area contributed by atoms with Crippen LogP contribution in [0.5, 0.6) is 0 Å². The molecule has 1 aliphatic rings. The van der Waals surface area contributed by atoms with Gasteiger partial charge in [-0.2, -0.15) is 0 Å². The zero-order valence-electron chi connectivity index (χ0n) is 7.43. The number of carbonyl (C=O) groups is 1. The monoisotopic (exact) mass is 192 g/mol. The van der Waals surface area contributed by atoms with Crippen molar-refractivity contribution in [2.24, 2.45) is 11.3 Å². The van der Waals surface area contributed by atoms with Gasteiger partial charge in [-0.1, -0.05) is 19.8 Å². The van der Waals surface area contributed by atoms with Crippen molar-refractivity contribution in [1.82, 2.24) is 5.43 Å². The maximum absolute atomic E-state index is 11.3. The third-order valence-electron chi connectivity index (χ3n) is 2.65. The Balaban J connectivity index is 0.00000121. The smallest absolute Gasteiger partial charge is 0.240 e. The highest BCUT2D eigenvalue weighted by Crippen LogP contribution is 2.44. The molecule has 0 aromatic heterocycles. The molecule has 1 aliphatic carbocycles. The van der Waals surface area contributed by atoms with E-state index in [4.69, 9.17) is 5.84 Å². The molecule has 3 nitrogen and oxygen atoms in total. The van der Waals surface area contributed by atoms with Crippen molar-refractivity contribution < 1.29 is 4.79 Å². The fourth-order valence-corrected chi connectivity index (χ4v) is 1.83. The number of nitrogens with two attached hydrogens (primary N) is 1. The first-order chi connectivity index (χ1) is 5.25. The Morgan fingerprint density at radius 3 is 2.42 bits per heavy atom. The average Bonchev–Trinajstić information content (AvgIpc) is 1.95. The summed E-state index contributed by atoms with van der Waals surface area (Å²) in [7, 11) is 0. The van der Waals surface area contributed by atoms with Crippen molar-refractivity contribution >= 4 is 18.3 Å². The summed E-state index contributed by atoms with van der Waals surface area (Å²) >= 11 is 0. The molecule has 4 heteroatoms. The molecule has 0 bridgehead atoms. The van der Waals surface area contributed by atoms with Crippen LogP contribution in [0, 0.1) is 5.41 Å². The molecule has 0 aliphatic heterocycles. The third-order valence-corrected chi connectivity index (χ3v) is 2.65. The highest BCUT2D eigenvalue weighted by molar-refractivity contribution is 5.85. The van der Waals surface area contributed by atoms with Crippen molar-refractivity contribution in [3.63, 3.8) is 0 Å². The van der Waals surface area contributed by atoms with E-state index in [-0.39, 0.29) is 23.7 Å². The summed E-state index contributed by atoms with van der Waals surface area (Å²) in [4.78, 5) is 11.3. The predicted molar refractivity (Wildman–Crippen MR) is 50.8 cm³/mol. The first kappa shape index (κ1) is 11.7. The van der Waals surface area contributed by atoms with Crippen molar-refractivity contribution in [3.05, 3.63) is 0 Å². The van der Waals surface area contributed by atoms with E-state index in [0.29, 0.717) is 0 Å². The van der Waals surface area contributed by atoms with Gasteiger partial charge in [0.15, 0.2) is 0 Å². The zero-order chi connectivity index (χ0) is 8.32. The van der Waals surface area contributed by atoms with Crippen LogP contribution in [0.3, 0.4) is 0 Å². The minimum Gasteiger partial charge on any atom is -0.294 e. The van der Waals surface area contributed by atoms with Crippen molar-refractivity contribution in [1.29, 1.82) is 0 Å². The van der Waals surface area contributed by atoms with E-state index in [1.54, 1.807) is 0 Å². The molecule has 1 saturated carbocycles. The van der Waals surface area contributed by atoms with Crippen LogP contribution in [-0.2, 0) is 4.79 Å². The molecule has 0 radical (unpaired) electrons. The second-order valence-electron chi connectivity index (χ2n) is 3.36. The van der Waals surface area contributed by atoms with E-state index in [1.807, 2.05) is 0 Å². The first-order valence-electron chi connectivity index (χ1n) is 4.26. The molecule has 0 atom stereocenters. The molecule has 0 heterocycles. The lowest BCUT2D eigenvalue weighted by Gasteiger charge is -2.39. The van der Waals surface area contributed by atoms with Crippen LogP contribution in [0.2, 0.25) is 0 Å². The predicted octanol–water partition coefficient (Wildman–Crippen LogP) is 1.37. The summed E-state index contributed by atoms with van der Waals surface area (Å²) in [5.41, 5.74) is 2.16. The number of nitrogens with one attached hydrogen (secondary N) is 1. The maximum Gasteiger partial charge on any atom is 0.240 e. The fraction of sp³-hybridized carbons (Fsp3) is 0.875. The van der Waals surface area contributed by atoms with Crippen LogP contribution in [-0.4, -0.2) is 5.91 Å². The molecule has 0 saturated heterocycles. The Morgan fingerprint density at radius 1 is 1.58 bits per heavy atom. The number of hydrazine groups is 1. The Labute approximate surface area is 79.5 Å². The van der Waals surface area contributed by atoms with Crippen LogP contribution in [0.15, 0.2) is 0 Å². The lowest BCUT2D eigenvalue weighted by atomic mass is 9.65. The van der Waals surface area contributed by atoms with Crippen LogP contribution in [0.25, 0.3) is 0 Å². The van der Waals surface area contributed by atoms with Gasteiger partial charge in [-0.25, -0.2) is 5.84 Å². The largest absolute Gasteiger partial charge is 0.294 e. The van der Waals surface area contributed by atoms with Gasteiger partial charge in [0.05, 0.1) is 5.41 Å². The second kappa shape index (κ2) is 4.67. The lowest BCUT2D eigenvalue weighted by molar-refractivity contribution is -0.136. The summed E-state index contributed by atoms with van der Waals surface area (Å²) in [5.74, 6) is 5.13. The quantitative estimate of drug-likeness (QED) is 0.403. The molecular formula is C8H17ClN2O. The van der Waals surface area contributed by atoms with E-state index in [2.05, 4.69) is 12.3 Å². The summed E-state index contributed by atoms with van der Waals surface area (Å²) in [5, 5.41) is 0. The summed E-state index contributed by atoms with van der Waals surface area (Å²) in [6.45, 7) is 2.10. The van der Waals surface area contributed by atoms with Crippen LogP contribution >= 0.6 is 12.4 Å². The van der Waals surface area contributed by atoms with Gasteiger partial charge in [0.1, 0.15) is 0 Å². The molecule has 12 heavy (non-hydrogen) atoms. The van der Waals surface area contributed by atoms with E-state index in [1.165, 1.54) is 6.42 Å². The summed E-state index contributed by atoms with van der Waals surface area (Å²) in [6.07, 6.45) is 5.25. The number of hydrogen-bond donors (Lipinski definition) is 2. The van der Waals surface area contributed by atoms with Gasteiger partial charge < -0.3 is 0 Å². The molecule has 0 aromatic carbocycles. The third kappa shape index (κ3) is 1.90. The van der Waals surface area contributed by atoms with Gasteiger partial charge in [-0.05, 0) is 19.3 Å². The number of amides is 1. The Morgan fingerprint density at radius 2 is 2.17 bits per heavy atom. The molecule has 1 amide bonds. The van der Waals surface area contributed by atoms with Crippen LogP contribution in [0.4, 0.5) is 0 Å². The minimum absolute atomic E-state index is 0. The molecule has 0 aromatic rings. The summed E-state index contributed by atoms with van der Waals surface area (Å²) < 4.78 is 0. The highest BCUT2D eigenvalue weighted by atomic mass is 35.5. The highest BCUT2D eigenvalue weighted by Gasteiger charge is 2.42. The van der Waals surface area contributed by atoms with Gasteiger partial charge in [-0.3, -0.25) is 10.2 Å². The molecule has 1 fully saturated rings. The van der Waals surface area contributed by atoms with Crippen molar-refractivity contribution in [2.45, 2.75) is 39.0 Å². The molecular weight excluding hydrogens is 176 g/mol. The standard InChI is InChI=1S/C8H16N2O.ClH/c1-2-4-8(5-3-6-8)7(11)10-9;/h2-6,9H2,1H3,(H,10,11);1H. The Kier molecular flexibility index (Phi) is 4.57. The first-order valence-corrected chi connectivity index (χ1v) is 4.26. The van der Waals surface area contributed by atoms with Crippen molar-refractivity contribution in [2.75, 3.05) is 0 Å². The SMILES string of the molecule is CCCC1(C(=O)NN)CCC1.Cl. The minimum atomic E-state index is -0.0937. The molecule has 0 unspecified atom stereocenters. The van der Waals surface area contributed by atoms with Crippen molar-refractivity contribution in [3.8, 4) is 0 Å². The number of rotatable bonds is 3. The van der Waals surface area contributed by atoms with Gasteiger partial charge in [0.2, 0.25) is 5.91 Å². The van der Waals surface area contributed by atoms with Crippen LogP contribution < -0.4 is 11.3 Å². The molecule has 1 rings (SSSR count). The number of halogens is 1. The summed E-state index contributed by atoms with van der Waals surface area (Å²) in [6, 6.07) is 0. The Bertz CT molecular complexity index is 157. The zero-order valence-corrected chi connectivity index (χ0v) is 8.25. The van der Waals surface area contributed by atoms with E-state index in [9.17, 15) is 4.79 Å². The number of hydrogen-bond acceptors (Lipinski definition) is 2.